The molecular formula is C13H18ClFN2O2S. The number of benzene rings is 1. The molecule has 20 heavy (non-hydrogen) atoms. The van der Waals surface area contributed by atoms with Gasteiger partial charge in [-0.2, -0.15) is 4.31 Å². The van der Waals surface area contributed by atoms with E-state index in [9.17, 15) is 12.8 Å². The first-order chi connectivity index (χ1) is 9.23. The molecule has 2 N–H and O–H groups in total. The highest BCUT2D eigenvalue weighted by molar-refractivity contribution is 7.89. The molecule has 1 heterocycles. The molecule has 0 aromatic heterocycles. The Hall–Kier alpha value is -0.850. The molecule has 0 aliphatic carbocycles. The van der Waals surface area contributed by atoms with Crippen molar-refractivity contribution >= 4 is 27.3 Å². The van der Waals surface area contributed by atoms with Crippen molar-refractivity contribution in [2.45, 2.75) is 37.6 Å². The van der Waals surface area contributed by atoms with E-state index in [4.69, 9.17) is 17.3 Å². The van der Waals surface area contributed by atoms with Gasteiger partial charge in [-0.05, 0) is 37.8 Å². The Balaban J connectivity index is 2.46. The molecule has 1 fully saturated rings. The van der Waals surface area contributed by atoms with Gasteiger partial charge in [-0.3, -0.25) is 0 Å². The third-order valence-electron chi connectivity index (χ3n) is 3.70. The molecule has 0 spiro atoms. The van der Waals surface area contributed by atoms with Crippen LogP contribution in [0.4, 0.5) is 10.1 Å². The van der Waals surface area contributed by atoms with Gasteiger partial charge < -0.3 is 5.73 Å². The van der Waals surface area contributed by atoms with Gasteiger partial charge in [-0.15, -0.1) is 0 Å². The van der Waals surface area contributed by atoms with E-state index in [1.807, 2.05) is 6.92 Å². The maximum Gasteiger partial charge on any atom is 0.246 e. The van der Waals surface area contributed by atoms with Crippen molar-refractivity contribution in [2.75, 3.05) is 12.3 Å². The first-order valence-electron chi connectivity index (χ1n) is 6.50. The number of hydrogen-bond acceptors (Lipinski definition) is 3. The van der Waals surface area contributed by atoms with Crippen molar-refractivity contribution in [2.24, 2.45) is 5.92 Å². The number of anilines is 1. The number of nitrogen functional groups attached to an aromatic ring is 1. The highest BCUT2D eigenvalue weighted by atomic mass is 35.5. The highest BCUT2D eigenvalue weighted by Gasteiger charge is 2.35. The second-order valence-corrected chi connectivity index (χ2v) is 7.70. The Morgan fingerprint density at radius 3 is 2.65 bits per heavy atom. The molecule has 1 aliphatic rings. The van der Waals surface area contributed by atoms with Crippen LogP contribution >= 0.6 is 11.6 Å². The summed E-state index contributed by atoms with van der Waals surface area (Å²) in [6, 6.07) is 2.16. The van der Waals surface area contributed by atoms with Gasteiger partial charge in [-0.1, -0.05) is 18.5 Å². The second kappa shape index (κ2) is 5.50. The van der Waals surface area contributed by atoms with Gasteiger partial charge in [0.2, 0.25) is 10.0 Å². The number of nitrogens with two attached hydrogens (primary N) is 1. The lowest BCUT2D eigenvalue weighted by molar-refractivity contribution is 0.219. The minimum Gasteiger partial charge on any atom is -0.396 e. The predicted molar refractivity (Wildman–Crippen MR) is 77.6 cm³/mol. The van der Waals surface area contributed by atoms with Crippen molar-refractivity contribution in [3.05, 3.63) is 23.0 Å². The highest BCUT2D eigenvalue weighted by Crippen LogP contribution is 2.32. The lowest BCUT2D eigenvalue weighted by Gasteiger charge is -2.35. The van der Waals surface area contributed by atoms with Crippen molar-refractivity contribution in [1.29, 1.82) is 0 Å². The van der Waals surface area contributed by atoms with Gasteiger partial charge >= 0.3 is 0 Å². The number of hydrogen-bond donors (Lipinski definition) is 1. The van der Waals surface area contributed by atoms with E-state index in [1.54, 1.807) is 0 Å². The smallest absolute Gasteiger partial charge is 0.246 e. The van der Waals surface area contributed by atoms with Crippen LogP contribution in [0.1, 0.15) is 26.7 Å². The van der Waals surface area contributed by atoms with Gasteiger partial charge in [-0.25, -0.2) is 12.8 Å². The molecule has 1 saturated heterocycles. The Morgan fingerprint density at radius 1 is 1.40 bits per heavy atom. The molecule has 0 radical (unpaired) electrons. The lowest BCUT2D eigenvalue weighted by Crippen LogP contribution is -2.44. The summed E-state index contributed by atoms with van der Waals surface area (Å²) in [6.07, 6.45) is 1.53. The molecule has 112 valence electrons. The van der Waals surface area contributed by atoms with Crippen LogP contribution in [0.2, 0.25) is 5.02 Å². The summed E-state index contributed by atoms with van der Waals surface area (Å²) < 4.78 is 40.6. The summed E-state index contributed by atoms with van der Waals surface area (Å²) in [7, 11) is -3.92. The maximum atomic E-state index is 14.0. The largest absolute Gasteiger partial charge is 0.396 e. The number of rotatable bonds is 2. The van der Waals surface area contributed by atoms with Crippen LogP contribution in [-0.2, 0) is 10.0 Å². The SMILES string of the molecule is CC1CCN(S(=O)(=O)c2cc(Cl)cc(N)c2F)C(C)C1. The van der Waals surface area contributed by atoms with Gasteiger partial charge in [0, 0.05) is 17.6 Å². The first-order valence-corrected chi connectivity index (χ1v) is 8.31. The summed E-state index contributed by atoms with van der Waals surface area (Å²) >= 11 is 5.80. The van der Waals surface area contributed by atoms with Crippen LogP contribution in [0.25, 0.3) is 0 Å². The van der Waals surface area contributed by atoms with E-state index in [0.29, 0.717) is 12.5 Å². The van der Waals surface area contributed by atoms with Crippen LogP contribution < -0.4 is 5.73 Å². The molecule has 7 heteroatoms. The topological polar surface area (TPSA) is 63.4 Å². The molecule has 2 rings (SSSR count). The normalized spacial score (nSPS) is 24.8. The summed E-state index contributed by atoms with van der Waals surface area (Å²) in [6.45, 7) is 4.30. The van der Waals surface area contributed by atoms with Crippen LogP contribution in [0.15, 0.2) is 17.0 Å². The zero-order valence-electron chi connectivity index (χ0n) is 11.4. The van der Waals surface area contributed by atoms with Gasteiger partial charge in [0.05, 0.1) is 5.69 Å². The van der Waals surface area contributed by atoms with Gasteiger partial charge in [0.25, 0.3) is 0 Å². The third kappa shape index (κ3) is 2.77. The number of piperidine rings is 1. The second-order valence-electron chi connectivity index (χ2n) is 5.40. The Morgan fingerprint density at radius 2 is 2.05 bits per heavy atom. The Labute approximate surface area is 123 Å². The van der Waals surface area contributed by atoms with E-state index in [1.165, 1.54) is 10.4 Å². The molecule has 2 unspecified atom stereocenters. The van der Waals surface area contributed by atoms with Gasteiger partial charge in [0.1, 0.15) is 4.90 Å². The molecular weight excluding hydrogens is 303 g/mol. The monoisotopic (exact) mass is 320 g/mol. The maximum absolute atomic E-state index is 14.0. The Bertz CT molecular complexity index is 621. The summed E-state index contributed by atoms with van der Waals surface area (Å²) in [4.78, 5) is -0.441. The minimum atomic E-state index is -3.92. The first kappa shape index (κ1) is 15.5. The molecule has 4 nitrogen and oxygen atoms in total. The predicted octanol–water partition coefficient (Wildman–Crippen LogP) is 2.87. The average Bonchev–Trinajstić information content (AvgIpc) is 2.33. The summed E-state index contributed by atoms with van der Waals surface area (Å²) in [5, 5.41) is 0.112. The van der Waals surface area contributed by atoms with E-state index in [2.05, 4.69) is 6.92 Å². The van der Waals surface area contributed by atoms with Crippen LogP contribution in [0.3, 0.4) is 0 Å². The zero-order chi connectivity index (χ0) is 15.1. The fourth-order valence-electron chi connectivity index (χ4n) is 2.64. The van der Waals surface area contributed by atoms with Crippen molar-refractivity contribution in [3.63, 3.8) is 0 Å². The van der Waals surface area contributed by atoms with E-state index in [0.717, 1.165) is 18.9 Å². The van der Waals surface area contributed by atoms with E-state index in [-0.39, 0.29) is 16.8 Å². The van der Waals surface area contributed by atoms with Crippen LogP contribution in [0, 0.1) is 11.7 Å². The number of sulfonamides is 1. The van der Waals surface area contributed by atoms with Crippen LogP contribution in [-0.4, -0.2) is 25.3 Å². The van der Waals surface area contributed by atoms with Crippen molar-refractivity contribution in [1.82, 2.24) is 4.31 Å². The average molecular weight is 321 g/mol. The molecule has 0 amide bonds. The fraction of sp³-hybridized carbons (Fsp3) is 0.538. The van der Waals surface area contributed by atoms with E-state index >= 15 is 0 Å². The molecule has 0 saturated carbocycles. The Kier molecular flexibility index (Phi) is 4.27. The lowest BCUT2D eigenvalue weighted by atomic mass is 9.95. The quantitative estimate of drug-likeness (QED) is 0.852. The van der Waals surface area contributed by atoms with E-state index < -0.39 is 20.7 Å². The van der Waals surface area contributed by atoms with Gasteiger partial charge in [0.15, 0.2) is 5.82 Å². The third-order valence-corrected chi connectivity index (χ3v) is 5.93. The fourth-order valence-corrected chi connectivity index (χ4v) is 4.71. The molecule has 1 aromatic carbocycles. The summed E-state index contributed by atoms with van der Waals surface area (Å²) in [5.74, 6) is -0.467. The van der Waals surface area contributed by atoms with Crippen molar-refractivity contribution in [3.8, 4) is 0 Å². The molecule has 1 aromatic rings. The zero-order valence-corrected chi connectivity index (χ0v) is 13.0. The molecule has 2 atom stereocenters. The number of nitrogens with zero attached hydrogens (tertiary/aromatic N) is 1. The minimum absolute atomic E-state index is 0.112. The standard InChI is InChI=1S/C13H18ClFN2O2S/c1-8-3-4-17(9(2)5-8)20(18,19)12-7-10(14)6-11(16)13(12)15/h6-9H,3-5,16H2,1-2H3. The molecule has 0 bridgehead atoms. The molecule has 1 aliphatic heterocycles. The number of halogens is 2. The van der Waals surface area contributed by atoms with Crippen LogP contribution in [0.5, 0.6) is 0 Å². The van der Waals surface area contributed by atoms with Crippen molar-refractivity contribution < 1.29 is 12.8 Å². The summed E-state index contributed by atoms with van der Waals surface area (Å²) in [5.41, 5.74) is 5.21.